The fourth-order valence-corrected chi connectivity index (χ4v) is 1.83. The van der Waals surface area contributed by atoms with Gasteiger partial charge in [-0.1, -0.05) is 0 Å². The van der Waals surface area contributed by atoms with Gasteiger partial charge in [0.15, 0.2) is 0 Å². The number of pyridine rings is 1. The molecular formula is C11H16N2O2. The van der Waals surface area contributed by atoms with Crippen LogP contribution < -0.4 is 11.3 Å². The third-order valence-electron chi connectivity index (χ3n) is 2.85. The van der Waals surface area contributed by atoms with Gasteiger partial charge < -0.3 is 15.0 Å². The molecule has 1 saturated heterocycles. The number of ether oxygens (including phenoxy) is 1. The molecule has 1 aromatic heterocycles. The van der Waals surface area contributed by atoms with Crippen molar-refractivity contribution in [1.29, 1.82) is 0 Å². The molecule has 1 aromatic rings. The second-order valence-electron chi connectivity index (χ2n) is 4.13. The Kier molecular flexibility index (Phi) is 2.77. The molecule has 4 nitrogen and oxygen atoms in total. The van der Waals surface area contributed by atoms with Crippen LogP contribution >= 0.6 is 0 Å². The van der Waals surface area contributed by atoms with Crippen LogP contribution in [0.2, 0.25) is 0 Å². The van der Waals surface area contributed by atoms with E-state index < -0.39 is 0 Å². The molecule has 1 unspecified atom stereocenters. The number of aromatic nitrogens is 1. The van der Waals surface area contributed by atoms with Gasteiger partial charge in [0.2, 0.25) is 0 Å². The van der Waals surface area contributed by atoms with Crippen LogP contribution in [0.4, 0.5) is 5.69 Å². The van der Waals surface area contributed by atoms with E-state index in [1.54, 1.807) is 16.8 Å². The van der Waals surface area contributed by atoms with Crippen LogP contribution in [0.25, 0.3) is 0 Å². The van der Waals surface area contributed by atoms with Crippen LogP contribution in [0.3, 0.4) is 0 Å². The van der Waals surface area contributed by atoms with Crippen LogP contribution in [0.5, 0.6) is 0 Å². The summed E-state index contributed by atoms with van der Waals surface area (Å²) in [7, 11) is 0. The molecule has 4 heteroatoms. The fourth-order valence-electron chi connectivity index (χ4n) is 1.83. The zero-order chi connectivity index (χ0) is 10.8. The van der Waals surface area contributed by atoms with E-state index in [0.29, 0.717) is 18.2 Å². The summed E-state index contributed by atoms with van der Waals surface area (Å²) in [4.78, 5) is 11.6. The van der Waals surface area contributed by atoms with Crippen molar-refractivity contribution in [3.05, 3.63) is 28.2 Å². The minimum atomic E-state index is 0.0219. The van der Waals surface area contributed by atoms with Crippen LogP contribution in [0.1, 0.15) is 12.0 Å². The standard InChI is InChI=1S/C11H16N2O2/c1-8-4-11(14)13(6-10(8)12)5-9-2-3-15-7-9/h4,6,9H,2-3,5,7,12H2,1H3. The molecular weight excluding hydrogens is 192 g/mol. The van der Waals surface area contributed by atoms with Gasteiger partial charge in [0.05, 0.1) is 12.3 Å². The topological polar surface area (TPSA) is 57.2 Å². The molecule has 0 spiro atoms. The lowest BCUT2D eigenvalue weighted by Crippen LogP contribution is -2.24. The highest BCUT2D eigenvalue weighted by atomic mass is 16.5. The molecule has 1 aliphatic heterocycles. The summed E-state index contributed by atoms with van der Waals surface area (Å²) in [6, 6.07) is 1.59. The van der Waals surface area contributed by atoms with E-state index in [1.807, 2.05) is 6.92 Å². The predicted octanol–water partition coefficient (Wildman–Crippen LogP) is 0.775. The number of nitrogens with two attached hydrogens (primary N) is 1. The smallest absolute Gasteiger partial charge is 0.250 e. The summed E-state index contributed by atoms with van der Waals surface area (Å²) < 4.78 is 6.96. The van der Waals surface area contributed by atoms with Crippen molar-refractivity contribution in [1.82, 2.24) is 4.57 Å². The van der Waals surface area contributed by atoms with Gasteiger partial charge in [-0.05, 0) is 18.9 Å². The van der Waals surface area contributed by atoms with E-state index in [1.165, 1.54) is 0 Å². The van der Waals surface area contributed by atoms with E-state index in [0.717, 1.165) is 25.2 Å². The molecule has 2 heterocycles. The van der Waals surface area contributed by atoms with E-state index in [-0.39, 0.29) is 5.56 Å². The van der Waals surface area contributed by atoms with E-state index in [9.17, 15) is 4.79 Å². The first-order valence-electron chi connectivity index (χ1n) is 5.21. The van der Waals surface area contributed by atoms with E-state index in [2.05, 4.69) is 0 Å². The van der Waals surface area contributed by atoms with Gasteiger partial charge in [0.25, 0.3) is 5.56 Å². The SMILES string of the molecule is Cc1cc(=O)n(CC2CCOC2)cc1N. The summed E-state index contributed by atoms with van der Waals surface area (Å²) in [6.07, 6.45) is 2.76. The van der Waals surface area contributed by atoms with Gasteiger partial charge in [-0.15, -0.1) is 0 Å². The second-order valence-corrected chi connectivity index (χ2v) is 4.13. The first-order valence-corrected chi connectivity index (χ1v) is 5.21. The predicted molar refractivity (Wildman–Crippen MR) is 58.8 cm³/mol. The van der Waals surface area contributed by atoms with E-state index >= 15 is 0 Å². The maximum absolute atomic E-state index is 11.6. The van der Waals surface area contributed by atoms with Crippen molar-refractivity contribution in [3.8, 4) is 0 Å². The Bertz CT molecular complexity index is 406. The molecule has 0 bridgehead atoms. The fraction of sp³-hybridized carbons (Fsp3) is 0.545. The Labute approximate surface area is 88.7 Å². The van der Waals surface area contributed by atoms with Crippen molar-refractivity contribution in [2.45, 2.75) is 19.9 Å². The highest BCUT2D eigenvalue weighted by molar-refractivity contribution is 5.42. The third kappa shape index (κ3) is 2.21. The Balaban J connectivity index is 2.20. The first-order chi connectivity index (χ1) is 7.16. The van der Waals surface area contributed by atoms with Crippen LogP contribution in [0, 0.1) is 12.8 Å². The number of hydrogen-bond acceptors (Lipinski definition) is 3. The zero-order valence-corrected chi connectivity index (χ0v) is 8.90. The van der Waals surface area contributed by atoms with Crippen LogP contribution in [-0.4, -0.2) is 17.8 Å². The number of aryl methyl sites for hydroxylation is 1. The molecule has 0 amide bonds. The van der Waals surface area contributed by atoms with Crippen molar-refractivity contribution in [2.24, 2.45) is 5.92 Å². The van der Waals surface area contributed by atoms with Crippen molar-refractivity contribution < 1.29 is 4.74 Å². The van der Waals surface area contributed by atoms with Crippen molar-refractivity contribution >= 4 is 5.69 Å². The summed E-state index contributed by atoms with van der Waals surface area (Å²) in [5.41, 5.74) is 7.32. The number of nitrogen functional groups attached to an aromatic ring is 1. The van der Waals surface area contributed by atoms with Gasteiger partial charge in [-0.25, -0.2) is 0 Å². The Morgan fingerprint density at radius 2 is 2.47 bits per heavy atom. The van der Waals surface area contributed by atoms with Crippen molar-refractivity contribution in [3.63, 3.8) is 0 Å². The highest BCUT2D eigenvalue weighted by Gasteiger charge is 2.16. The van der Waals surface area contributed by atoms with Gasteiger partial charge in [0, 0.05) is 31.3 Å². The lowest BCUT2D eigenvalue weighted by molar-refractivity contribution is 0.182. The monoisotopic (exact) mass is 208 g/mol. The maximum atomic E-state index is 11.6. The summed E-state index contributed by atoms with van der Waals surface area (Å²) in [5, 5.41) is 0. The maximum Gasteiger partial charge on any atom is 0.250 e. The van der Waals surface area contributed by atoms with Gasteiger partial charge >= 0.3 is 0 Å². The van der Waals surface area contributed by atoms with Crippen LogP contribution in [-0.2, 0) is 11.3 Å². The van der Waals surface area contributed by atoms with Gasteiger partial charge in [-0.2, -0.15) is 0 Å². The number of hydrogen-bond donors (Lipinski definition) is 1. The Hall–Kier alpha value is -1.29. The largest absolute Gasteiger partial charge is 0.397 e. The number of rotatable bonds is 2. The second kappa shape index (κ2) is 4.06. The lowest BCUT2D eigenvalue weighted by Gasteiger charge is -2.11. The molecule has 0 radical (unpaired) electrons. The Morgan fingerprint density at radius 1 is 1.67 bits per heavy atom. The minimum absolute atomic E-state index is 0.0219. The van der Waals surface area contributed by atoms with Gasteiger partial charge in [-0.3, -0.25) is 4.79 Å². The summed E-state index contributed by atoms with van der Waals surface area (Å²) in [5.74, 6) is 0.449. The molecule has 2 rings (SSSR count). The molecule has 1 fully saturated rings. The molecule has 0 aliphatic carbocycles. The zero-order valence-electron chi connectivity index (χ0n) is 8.90. The highest BCUT2D eigenvalue weighted by Crippen LogP contribution is 2.15. The first kappa shape index (κ1) is 10.2. The third-order valence-corrected chi connectivity index (χ3v) is 2.85. The molecule has 2 N–H and O–H groups in total. The Morgan fingerprint density at radius 3 is 3.13 bits per heavy atom. The number of nitrogens with zero attached hydrogens (tertiary/aromatic N) is 1. The normalized spacial score (nSPS) is 20.7. The lowest BCUT2D eigenvalue weighted by atomic mass is 10.1. The van der Waals surface area contributed by atoms with Gasteiger partial charge in [0.1, 0.15) is 0 Å². The van der Waals surface area contributed by atoms with E-state index in [4.69, 9.17) is 10.5 Å². The molecule has 82 valence electrons. The molecule has 1 aliphatic rings. The summed E-state index contributed by atoms with van der Waals surface area (Å²) in [6.45, 7) is 4.12. The average molecular weight is 208 g/mol. The number of anilines is 1. The van der Waals surface area contributed by atoms with Crippen LogP contribution in [0.15, 0.2) is 17.1 Å². The molecule has 15 heavy (non-hydrogen) atoms. The molecule has 1 atom stereocenters. The summed E-state index contributed by atoms with van der Waals surface area (Å²) >= 11 is 0. The van der Waals surface area contributed by atoms with Crippen molar-refractivity contribution in [2.75, 3.05) is 18.9 Å². The molecule has 0 aromatic carbocycles. The average Bonchev–Trinajstić information content (AvgIpc) is 2.67. The minimum Gasteiger partial charge on any atom is -0.397 e. The quantitative estimate of drug-likeness (QED) is 0.781. The molecule has 0 saturated carbocycles.